The van der Waals surface area contributed by atoms with E-state index in [1.807, 2.05) is 0 Å². The quantitative estimate of drug-likeness (QED) is 0.0888. The summed E-state index contributed by atoms with van der Waals surface area (Å²) in [6.07, 6.45) is -5.32. The molecule has 2 aromatic rings. The molecule has 0 atom stereocenters. The van der Waals surface area contributed by atoms with Crippen molar-refractivity contribution in [3.05, 3.63) is 71.1 Å². The van der Waals surface area contributed by atoms with Gasteiger partial charge >= 0.3 is 39.4 Å². The molecule has 0 radical (unpaired) electrons. The molecule has 20 heteroatoms. The molecule has 43 heavy (non-hydrogen) atoms. The average molecular weight is 663 g/mol. The molecule has 2 aromatic carbocycles. The summed E-state index contributed by atoms with van der Waals surface area (Å²) in [5.74, 6) is -17.5. The number of hydrogen-bond acceptors (Lipinski definition) is 9. The number of thioether (sulfide) groups is 1. The number of nitrogens with zero attached hydrogens (tertiary/aromatic N) is 3. The highest BCUT2D eigenvalue weighted by atomic mass is 32.2. The van der Waals surface area contributed by atoms with E-state index in [2.05, 4.69) is 19.1 Å². The topological polar surface area (TPSA) is 115 Å². The van der Waals surface area contributed by atoms with Crippen molar-refractivity contribution in [2.75, 3.05) is 12.0 Å². The van der Waals surface area contributed by atoms with Crippen molar-refractivity contribution < 1.29 is 66.4 Å². The second-order valence-corrected chi connectivity index (χ2v) is 10.6. The lowest BCUT2D eigenvalue weighted by atomic mass is 10.1. The summed E-state index contributed by atoms with van der Waals surface area (Å²) in [6, 6.07) is 10.9. The van der Waals surface area contributed by atoms with Gasteiger partial charge in [-0.2, -0.15) is 53.0 Å². The molecule has 0 unspecified atom stereocenters. The zero-order valence-electron chi connectivity index (χ0n) is 20.9. The second-order valence-electron chi connectivity index (χ2n) is 8.01. The number of alkyl halides is 9. The van der Waals surface area contributed by atoms with E-state index in [-0.39, 0.29) is 15.6 Å². The summed E-state index contributed by atoms with van der Waals surface area (Å²) in [5.41, 5.74) is 0.376. The summed E-state index contributed by atoms with van der Waals surface area (Å²) < 4.78 is 149. The predicted octanol–water partition coefficient (Wildman–Crippen LogP) is 5.35. The summed E-state index contributed by atoms with van der Waals surface area (Å²) in [5, 5.41) is 0.562. The highest BCUT2D eigenvalue weighted by molar-refractivity contribution is 8.19. The molecule has 9 nitrogen and oxygen atoms in total. The van der Waals surface area contributed by atoms with Gasteiger partial charge in [-0.25, -0.2) is 4.79 Å². The number of carbonyl (C=O) groups is 2. The van der Waals surface area contributed by atoms with E-state index in [4.69, 9.17) is 0 Å². The largest absolute Gasteiger partial charge is 0.466 e. The van der Waals surface area contributed by atoms with E-state index in [0.29, 0.717) is 17.8 Å². The van der Waals surface area contributed by atoms with Gasteiger partial charge in [-0.3, -0.25) is 9.69 Å². The molecular weight excluding hydrogens is 649 g/mol. The van der Waals surface area contributed by atoms with E-state index in [9.17, 15) is 57.5 Å². The Morgan fingerprint density at radius 3 is 2.02 bits per heavy atom. The Morgan fingerprint density at radius 2 is 1.49 bits per heavy atom. The molecule has 0 saturated carbocycles. The summed E-state index contributed by atoms with van der Waals surface area (Å²) >= 11 is 0.747. The van der Waals surface area contributed by atoms with Crippen LogP contribution >= 0.6 is 11.8 Å². The van der Waals surface area contributed by atoms with Gasteiger partial charge in [0.15, 0.2) is 0 Å². The molecule has 1 saturated heterocycles. The lowest BCUT2D eigenvalue weighted by molar-refractivity contribution is -0.382. The summed E-state index contributed by atoms with van der Waals surface area (Å²) in [7, 11) is -6.01. The molecule has 1 amide bonds. The molecule has 1 aliphatic heterocycles. The first-order chi connectivity index (χ1) is 19.8. The number of methoxy groups -OCH3 is 1. The number of halogens is 9. The molecule has 0 aromatic heterocycles. The van der Waals surface area contributed by atoms with E-state index >= 15 is 0 Å². The van der Waals surface area contributed by atoms with Crippen molar-refractivity contribution in [2.45, 2.75) is 23.3 Å². The average Bonchev–Trinajstić information content (AvgIpc) is 3.23. The van der Waals surface area contributed by atoms with E-state index < -0.39 is 51.0 Å². The van der Waals surface area contributed by atoms with Crippen LogP contribution in [0.2, 0.25) is 0 Å². The Labute approximate surface area is 239 Å². The fourth-order valence-corrected chi connectivity index (χ4v) is 4.77. The minimum atomic E-state index is -7.44. The first kappa shape index (κ1) is 33.4. The standard InChI is InChI=1S/C23H14F9N3O6S2/c1-40-17(36)11-16-18(37)35(14-5-3-2-4-6-14)19(42-16)34-33-12-13-7-9-15(10-8-13)41-43(38,39)23(31,32)21(26,27)20(24,25)22(28,29)30/h2-12H,1H3/b16-11-,33-12+,34-19-. The summed E-state index contributed by atoms with van der Waals surface area (Å²) in [6.45, 7) is 0. The van der Waals surface area contributed by atoms with Crippen molar-refractivity contribution in [1.29, 1.82) is 0 Å². The third kappa shape index (κ3) is 6.48. The van der Waals surface area contributed by atoms with Crippen LogP contribution in [0.1, 0.15) is 5.56 Å². The molecular formula is C23H14F9N3O6S2. The molecule has 0 spiro atoms. The zero-order chi connectivity index (χ0) is 32.4. The maximum Gasteiger partial charge on any atom is 0.460 e. The van der Waals surface area contributed by atoms with Gasteiger partial charge in [-0.15, -0.1) is 5.10 Å². The number of esters is 1. The molecule has 0 aliphatic carbocycles. The van der Waals surface area contributed by atoms with Crippen LogP contribution in [0.25, 0.3) is 0 Å². The second kappa shape index (κ2) is 11.9. The molecule has 0 bridgehead atoms. The lowest BCUT2D eigenvalue weighted by Crippen LogP contribution is -2.63. The van der Waals surface area contributed by atoms with Crippen LogP contribution in [-0.2, 0) is 24.4 Å². The maximum atomic E-state index is 13.8. The Morgan fingerprint density at radius 1 is 0.907 bits per heavy atom. The third-order valence-corrected chi connectivity index (χ3v) is 7.39. The van der Waals surface area contributed by atoms with Crippen molar-refractivity contribution in [3.8, 4) is 5.75 Å². The molecule has 1 aliphatic rings. The number of amides is 1. The Bertz CT molecular complexity index is 1580. The van der Waals surface area contributed by atoms with Crippen LogP contribution in [-0.4, -0.2) is 62.1 Å². The van der Waals surface area contributed by atoms with Crippen molar-refractivity contribution >= 4 is 50.8 Å². The van der Waals surface area contributed by atoms with Crippen LogP contribution in [0.3, 0.4) is 0 Å². The molecule has 232 valence electrons. The third-order valence-electron chi connectivity index (χ3n) is 5.14. The van der Waals surface area contributed by atoms with Crippen LogP contribution < -0.4 is 9.08 Å². The number of ether oxygens (including phenoxy) is 1. The summed E-state index contributed by atoms with van der Waals surface area (Å²) in [4.78, 5) is 25.5. The van der Waals surface area contributed by atoms with Crippen LogP contribution in [0.5, 0.6) is 5.75 Å². The van der Waals surface area contributed by atoms with Gasteiger partial charge < -0.3 is 8.92 Å². The number of hydrogen-bond donors (Lipinski definition) is 0. The highest BCUT2D eigenvalue weighted by Crippen LogP contribution is 2.55. The van der Waals surface area contributed by atoms with Crippen molar-refractivity contribution in [3.63, 3.8) is 0 Å². The molecule has 0 N–H and O–H groups in total. The van der Waals surface area contributed by atoms with Gasteiger partial charge in [0.25, 0.3) is 5.91 Å². The van der Waals surface area contributed by atoms with E-state index in [1.54, 1.807) is 30.3 Å². The molecule has 1 heterocycles. The monoisotopic (exact) mass is 663 g/mol. The highest BCUT2D eigenvalue weighted by Gasteiger charge is 2.86. The minimum Gasteiger partial charge on any atom is -0.466 e. The van der Waals surface area contributed by atoms with Gasteiger partial charge in [0, 0.05) is 6.08 Å². The van der Waals surface area contributed by atoms with Crippen molar-refractivity contribution in [1.82, 2.24) is 0 Å². The molecule has 3 rings (SSSR count). The van der Waals surface area contributed by atoms with E-state index in [0.717, 1.165) is 48.2 Å². The predicted molar refractivity (Wildman–Crippen MR) is 134 cm³/mol. The Balaban J connectivity index is 1.83. The minimum absolute atomic E-state index is 0.0284. The van der Waals surface area contributed by atoms with Crippen molar-refractivity contribution in [2.24, 2.45) is 10.2 Å². The SMILES string of the molecule is COC(=O)/C=C1\S/C(=N\N=C\c2ccc(OS(=O)(=O)C(F)(F)C(F)(F)C(F)(F)C(F)(F)F)cc2)N(c2ccccc2)C1=O. The number of amidine groups is 1. The fraction of sp³-hybridized carbons (Fsp3) is 0.217. The van der Waals surface area contributed by atoms with Gasteiger partial charge in [0.05, 0.1) is 23.9 Å². The number of anilines is 1. The first-order valence-corrected chi connectivity index (χ1v) is 13.2. The number of para-hydroxylation sites is 1. The smallest absolute Gasteiger partial charge is 0.460 e. The number of benzene rings is 2. The van der Waals surface area contributed by atoms with Gasteiger partial charge in [-0.05, 0) is 53.7 Å². The normalized spacial score (nSPS) is 17.3. The van der Waals surface area contributed by atoms with Crippen LogP contribution in [0.15, 0.2) is 75.8 Å². The number of rotatable bonds is 9. The zero-order valence-corrected chi connectivity index (χ0v) is 22.5. The van der Waals surface area contributed by atoms with E-state index in [1.165, 1.54) is 0 Å². The van der Waals surface area contributed by atoms with Crippen LogP contribution in [0.4, 0.5) is 45.2 Å². The Kier molecular flexibility index (Phi) is 9.25. The first-order valence-electron chi connectivity index (χ1n) is 11.0. The van der Waals surface area contributed by atoms with Gasteiger partial charge in [0.1, 0.15) is 5.75 Å². The fourth-order valence-electron chi connectivity index (χ4n) is 2.96. The van der Waals surface area contributed by atoms with Gasteiger partial charge in [0.2, 0.25) is 5.17 Å². The Hall–Kier alpha value is -4.07. The lowest BCUT2D eigenvalue weighted by Gasteiger charge is -2.32. The molecule has 1 fully saturated rings. The maximum absolute atomic E-state index is 13.8. The van der Waals surface area contributed by atoms with Crippen LogP contribution in [0, 0.1) is 0 Å². The van der Waals surface area contributed by atoms with Gasteiger partial charge in [-0.1, -0.05) is 18.2 Å². The number of carbonyl (C=O) groups excluding carboxylic acids is 2.